The van der Waals surface area contributed by atoms with Gasteiger partial charge in [-0.05, 0) is 92.3 Å². The lowest BCUT2D eigenvalue weighted by atomic mass is 10.1. The van der Waals surface area contributed by atoms with E-state index in [1.165, 1.54) is 11.8 Å². The lowest BCUT2D eigenvalue weighted by molar-refractivity contribution is -0.115. The SMILES string of the molecule is N#Cc1ccccc1COc1c(Br)cc(/C=C2\SC(=Nc3cccc(Cl)c3Cl)NC2=O)cc1I. The second-order valence-corrected chi connectivity index (χ2v) is 10.8. The van der Waals surface area contributed by atoms with Crippen molar-refractivity contribution in [2.75, 3.05) is 0 Å². The Kier molecular flexibility index (Phi) is 8.22. The summed E-state index contributed by atoms with van der Waals surface area (Å²) in [4.78, 5) is 17.4. The Morgan fingerprint density at radius 2 is 2.00 bits per heavy atom. The average molecular weight is 685 g/mol. The normalized spacial score (nSPS) is 15.4. The molecule has 10 heteroatoms. The minimum Gasteiger partial charge on any atom is -0.487 e. The van der Waals surface area contributed by atoms with Crippen molar-refractivity contribution >= 4 is 96.3 Å². The van der Waals surface area contributed by atoms with Crippen molar-refractivity contribution in [1.82, 2.24) is 5.32 Å². The first-order valence-electron chi connectivity index (χ1n) is 9.69. The quantitative estimate of drug-likeness (QED) is 0.221. The van der Waals surface area contributed by atoms with Crippen LogP contribution in [0.5, 0.6) is 5.75 Å². The molecule has 0 spiro atoms. The second-order valence-electron chi connectivity index (χ2n) is 6.93. The molecule has 0 radical (unpaired) electrons. The fourth-order valence-electron chi connectivity index (χ4n) is 3.03. The van der Waals surface area contributed by atoms with Gasteiger partial charge in [0.1, 0.15) is 12.4 Å². The fourth-order valence-corrected chi connectivity index (χ4v) is 5.97. The van der Waals surface area contributed by atoms with Gasteiger partial charge in [-0.2, -0.15) is 5.26 Å². The van der Waals surface area contributed by atoms with Crippen LogP contribution in [-0.4, -0.2) is 11.1 Å². The number of aliphatic imine (C=N–C) groups is 1. The minimum absolute atomic E-state index is 0.249. The third-order valence-electron chi connectivity index (χ3n) is 4.63. The standard InChI is InChI=1S/C24H13BrCl2IN3O2S/c25-16-8-13(9-18(28)22(16)33-12-15-5-2-1-4-14(15)11-29)10-20-23(32)31-24(34-20)30-19-7-3-6-17(26)21(19)27/h1-10H,12H2,(H,30,31,32)/b20-10-. The maximum absolute atomic E-state index is 12.5. The maximum Gasteiger partial charge on any atom is 0.264 e. The van der Waals surface area contributed by atoms with Gasteiger partial charge < -0.3 is 10.1 Å². The molecule has 3 aromatic rings. The van der Waals surface area contributed by atoms with Crippen LogP contribution in [0.4, 0.5) is 5.69 Å². The summed E-state index contributed by atoms with van der Waals surface area (Å²) in [5, 5.41) is 13.2. The Hall–Kier alpha value is -2.03. The smallest absolute Gasteiger partial charge is 0.264 e. The molecule has 1 N–H and O–H groups in total. The van der Waals surface area contributed by atoms with E-state index in [0.717, 1.165) is 19.2 Å². The Morgan fingerprint density at radius 1 is 1.21 bits per heavy atom. The first kappa shape index (κ1) is 25.1. The number of halogens is 4. The van der Waals surface area contributed by atoms with Gasteiger partial charge in [0.05, 0.1) is 40.3 Å². The predicted octanol–water partition coefficient (Wildman–Crippen LogP) is 7.70. The predicted molar refractivity (Wildman–Crippen MR) is 150 cm³/mol. The highest BCUT2D eigenvalue weighted by atomic mass is 127. The molecule has 1 heterocycles. The van der Waals surface area contributed by atoms with E-state index in [1.54, 1.807) is 30.3 Å². The molecule has 1 aliphatic heterocycles. The second kappa shape index (κ2) is 11.1. The van der Waals surface area contributed by atoms with Crippen molar-refractivity contribution in [2.24, 2.45) is 4.99 Å². The summed E-state index contributed by atoms with van der Waals surface area (Å²) in [6.07, 6.45) is 1.78. The third-order valence-corrected chi connectivity index (χ3v) is 7.74. The van der Waals surface area contributed by atoms with E-state index < -0.39 is 0 Å². The van der Waals surface area contributed by atoms with Crippen molar-refractivity contribution < 1.29 is 9.53 Å². The Morgan fingerprint density at radius 3 is 2.76 bits per heavy atom. The molecule has 0 atom stereocenters. The van der Waals surface area contributed by atoms with E-state index >= 15 is 0 Å². The molecule has 5 nitrogen and oxygen atoms in total. The zero-order valence-electron chi connectivity index (χ0n) is 17.1. The third kappa shape index (κ3) is 5.78. The Bertz CT molecular complexity index is 1380. The van der Waals surface area contributed by atoms with Crippen LogP contribution in [-0.2, 0) is 11.4 Å². The number of nitrogens with zero attached hydrogens (tertiary/aromatic N) is 2. The summed E-state index contributed by atoms with van der Waals surface area (Å²) in [6, 6.07) is 18.4. The highest BCUT2D eigenvalue weighted by Crippen LogP contribution is 2.36. The van der Waals surface area contributed by atoms with E-state index in [0.29, 0.717) is 37.1 Å². The molecule has 34 heavy (non-hydrogen) atoms. The average Bonchev–Trinajstić information content (AvgIpc) is 3.15. The van der Waals surface area contributed by atoms with Gasteiger partial charge in [-0.1, -0.05) is 47.5 Å². The van der Waals surface area contributed by atoms with Gasteiger partial charge in [0.25, 0.3) is 5.91 Å². The zero-order valence-corrected chi connectivity index (χ0v) is 23.2. The molecule has 1 fully saturated rings. The highest BCUT2D eigenvalue weighted by Gasteiger charge is 2.24. The number of ether oxygens (including phenoxy) is 1. The number of carbonyl (C=O) groups excluding carboxylic acids is 1. The fraction of sp³-hybridized carbons (Fsp3) is 0.0417. The number of amidine groups is 1. The van der Waals surface area contributed by atoms with E-state index in [4.69, 9.17) is 27.9 Å². The monoisotopic (exact) mass is 683 g/mol. The van der Waals surface area contributed by atoms with Crippen LogP contribution in [0.25, 0.3) is 6.08 Å². The summed E-state index contributed by atoms with van der Waals surface area (Å²) in [7, 11) is 0. The summed E-state index contributed by atoms with van der Waals surface area (Å²) in [5.41, 5.74) is 2.69. The minimum atomic E-state index is -0.249. The van der Waals surface area contributed by atoms with E-state index in [1.807, 2.05) is 30.3 Å². The Labute approximate surface area is 232 Å². The van der Waals surface area contributed by atoms with E-state index in [2.05, 4.69) is 54.9 Å². The molecule has 1 amide bonds. The van der Waals surface area contributed by atoms with Crippen LogP contribution in [0.1, 0.15) is 16.7 Å². The van der Waals surface area contributed by atoms with Gasteiger partial charge >= 0.3 is 0 Å². The number of amides is 1. The van der Waals surface area contributed by atoms with Crippen LogP contribution in [0.2, 0.25) is 10.0 Å². The molecule has 1 aliphatic rings. The van der Waals surface area contributed by atoms with E-state index in [9.17, 15) is 10.1 Å². The summed E-state index contributed by atoms with van der Waals surface area (Å²) in [5.74, 6) is 0.415. The topological polar surface area (TPSA) is 74.5 Å². The van der Waals surface area contributed by atoms with Crippen LogP contribution < -0.4 is 10.1 Å². The van der Waals surface area contributed by atoms with Crippen molar-refractivity contribution in [3.8, 4) is 11.8 Å². The van der Waals surface area contributed by atoms with Gasteiger partial charge in [0.2, 0.25) is 0 Å². The van der Waals surface area contributed by atoms with Crippen molar-refractivity contribution in [3.05, 3.63) is 94.3 Å². The van der Waals surface area contributed by atoms with Gasteiger partial charge in [0.15, 0.2) is 5.17 Å². The molecule has 0 saturated carbocycles. The van der Waals surface area contributed by atoms with E-state index in [-0.39, 0.29) is 12.5 Å². The number of rotatable bonds is 5. The first-order valence-corrected chi connectivity index (χ1v) is 13.1. The summed E-state index contributed by atoms with van der Waals surface area (Å²) >= 11 is 19.2. The van der Waals surface area contributed by atoms with Crippen molar-refractivity contribution in [3.63, 3.8) is 0 Å². The summed E-state index contributed by atoms with van der Waals surface area (Å²) in [6.45, 7) is 0.267. The zero-order chi connectivity index (χ0) is 24.2. The number of thioether (sulfide) groups is 1. The Balaban J connectivity index is 1.53. The lowest BCUT2D eigenvalue weighted by Gasteiger charge is -2.12. The largest absolute Gasteiger partial charge is 0.487 e. The number of hydrogen-bond donors (Lipinski definition) is 1. The molecule has 170 valence electrons. The van der Waals surface area contributed by atoms with Gasteiger partial charge in [-0.15, -0.1) is 0 Å². The molecule has 4 rings (SSSR count). The number of benzene rings is 3. The first-order chi connectivity index (χ1) is 16.4. The lowest BCUT2D eigenvalue weighted by Crippen LogP contribution is -2.19. The van der Waals surface area contributed by atoms with Crippen molar-refractivity contribution in [1.29, 1.82) is 5.26 Å². The molecular weight excluding hydrogens is 672 g/mol. The maximum atomic E-state index is 12.5. The van der Waals surface area contributed by atoms with Crippen LogP contribution in [0, 0.1) is 14.9 Å². The number of nitriles is 1. The van der Waals surface area contributed by atoms with Gasteiger partial charge in [-0.3, -0.25) is 4.79 Å². The molecule has 0 aromatic heterocycles. The number of nitrogens with one attached hydrogen (secondary N) is 1. The number of hydrogen-bond acceptors (Lipinski definition) is 5. The van der Waals surface area contributed by atoms with Gasteiger partial charge in [0, 0.05) is 5.56 Å². The summed E-state index contributed by atoms with van der Waals surface area (Å²) < 4.78 is 7.59. The molecule has 3 aromatic carbocycles. The highest BCUT2D eigenvalue weighted by molar-refractivity contribution is 14.1. The van der Waals surface area contributed by atoms with Crippen molar-refractivity contribution in [2.45, 2.75) is 6.61 Å². The van der Waals surface area contributed by atoms with Crippen LogP contribution >= 0.6 is 73.5 Å². The van der Waals surface area contributed by atoms with Gasteiger partial charge in [-0.25, -0.2) is 4.99 Å². The molecule has 0 bridgehead atoms. The van der Waals surface area contributed by atoms with Crippen LogP contribution in [0.3, 0.4) is 0 Å². The van der Waals surface area contributed by atoms with Crippen LogP contribution in [0.15, 0.2) is 69.0 Å². The number of carbonyl (C=O) groups is 1. The molecule has 0 unspecified atom stereocenters. The molecular formula is C24H13BrCl2IN3O2S. The molecule has 1 saturated heterocycles. The molecule has 0 aliphatic carbocycles.